The Morgan fingerprint density at radius 2 is 1.78 bits per heavy atom. The molecule has 2 aliphatic heterocycles. The molecule has 1 saturated heterocycles. The van der Waals surface area contributed by atoms with Gasteiger partial charge in [0, 0.05) is 25.6 Å². The van der Waals surface area contributed by atoms with Gasteiger partial charge in [0.25, 0.3) is 5.91 Å². The lowest BCUT2D eigenvalue weighted by molar-refractivity contribution is -0.143. The fraction of sp³-hybridized carbons (Fsp3) is 0.517. The number of amides is 2. The molecule has 6 nitrogen and oxygen atoms in total. The number of nitrogens with zero attached hydrogens (tertiary/aromatic N) is 2. The van der Waals surface area contributed by atoms with E-state index in [4.69, 9.17) is 9.47 Å². The van der Waals surface area contributed by atoms with Crippen molar-refractivity contribution in [2.75, 3.05) is 32.8 Å². The summed E-state index contributed by atoms with van der Waals surface area (Å²) in [7, 11) is 0. The fourth-order valence-corrected chi connectivity index (χ4v) is 5.78. The van der Waals surface area contributed by atoms with Gasteiger partial charge in [-0.2, -0.15) is 0 Å². The minimum absolute atomic E-state index is 0.0216. The van der Waals surface area contributed by atoms with Crippen molar-refractivity contribution in [1.82, 2.24) is 9.80 Å². The van der Waals surface area contributed by atoms with Crippen molar-refractivity contribution >= 4 is 11.8 Å². The molecule has 0 aromatic heterocycles. The van der Waals surface area contributed by atoms with Crippen molar-refractivity contribution in [2.24, 2.45) is 5.92 Å². The molecular formula is C29H35FN2O4. The van der Waals surface area contributed by atoms with Gasteiger partial charge >= 0.3 is 0 Å². The average molecular weight is 495 g/mol. The van der Waals surface area contributed by atoms with Gasteiger partial charge in [0.15, 0.2) is 6.10 Å². The van der Waals surface area contributed by atoms with Gasteiger partial charge in [0.2, 0.25) is 5.91 Å². The summed E-state index contributed by atoms with van der Waals surface area (Å²) in [6.07, 6.45) is 4.79. The van der Waals surface area contributed by atoms with Gasteiger partial charge in [0.1, 0.15) is 11.6 Å². The molecule has 3 aliphatic rings. The molecular weight excluding hydrogens is 459 g/mol. The molecule has 0 N–H and O–H groups in total. The van der Waals surface area contributed by atoms with Gasteiger partial charge in [-0.25, -0.2) is 4.39 Å². The molecule has 7 heteroatoms. The van der Waals surface area contributed by atoms with Crippen molar-refractivity contribution in [3.05, 3.63) is 65.0 Å². The predicted octanol–water partition coefficient (Wildman–Crippen LogP) is 4.51. The van der Waals surface area contributed by atoms with E-state index >= 15 is 0 Å². The SMILES string of the molecule is CCC(Oc1ccc2c(c1)C(c1ccc(F)cc1)N(C(=O)C1CCCC1)CC2)C(=O)N1CCOCC1. The van der Waals surface area contributed by atoms with Crippen molar-refractivity contribution in [3.8, 4) is 5.75 Å². The first-order chi connectivity index (χ1) is 17.5. The van der Waals surface area contributed by atoms with E-state index < -0.39 is 6.10 Å². The molecule has 0 spiro atoms. The van der Waals surface area contributed by atoms with Crippen LogP contribution in [0.3, 0.4) is 0 Å². The molecule has 5 rings (SSSR count). The first-order valence-corrected chi connectivity index (χ1v) is 13.3. The number of fused-ring (bicyclic) bond motifs is 1. The minimum atomic E-state index is -0.578. The first kappa shape index (κ1) is 24.8. The molecule has 36 heavy (non-hydrogen) atoms. The summed E-state index contributed by atoms with van der Waals surface area (Å²) >= 11 is 0. The highest BCUT2D eigenvalue weighted by molar-refractivity contribution is 5.82. The number of hydrogen-bond acceptors (Lipinski definition) is 4. The van der Waals surface area contributed by atoms with Crippen LogP contribution in [0.1, 0.15) is 61.8 Å². The highest BCUT2D eigenvalue weighted by Gasteiger charge is 2.37. The lowest BCUT2D eigenvalue weighted by Crippen LogP contribution is -2.47. The van der Waals surface area contributed by atoms with Crippen molar-refractivity contribution in [3.63, 3.8) is 0 Å². The number of halogens is 1. The van der Waals surface area contributed by atoms with E-state index in [1.54, 1.807) is 17.0 Å². The molecule has 2 fully saturated rings. The second kappa shape index (κ2) is 11.0. The number of benzene rings is 2. The number of ether oxygens (including phenoxy) is 2. The van der Waals surface area contributed by atoms with E-state index in [-0.39, 0.29) is 29.6 Å². The maximum absolute atomic E-state index is 13.8. The van der Waals surface area contributed by atoms with E-state index in [0.29, 0.717) is 45.0 Å². The van der Waals surface area contributed by atoms with Crippen LogP contribution in [0.15, 0.2) is 42.5 Å². The summed E-state index contributed by atoms with van der Waals surface area (Å²) in [5.41, 5.74) is 3.03. The third-order valence-corrected chi connectivity index (χ3v) is 7.77. The highest BCUT2D eigenvalue weighted by Crippen LogP contribution is 2.40. The van der Waals surface area contributed by atoms with Crippen LogP contribution in [-0.2, 0) is 20.7 Å². The number of morpholine rings is 1. The van der Waals surface area contributed by atoms with E-state index in [1.807, 2.05) is 30.0 Å². The van der Waals surface area contributed by atoms with E-state index in [0.717, 1.165) is 48.8 Å². The Morgan fingerprint density at radius 1 is 1.06 bits per heavy atom. The second-order valence-electron chi connectivity index (χ2n) is 10.0. The van der Waals surface area contributed by atoms with Crippen LogP contribution in [0, 0.1) is 11.7 Å². The summed E-state index contributed by atoms with van der Waals surface area (Å²) in [4.78, 5) is 30.5. The smallest absolute Gasteiger partial charge is 0.263 e. The van der Waals surface area contributed by atoms with Crippen LogP contribution >= 0.6 is 0 Å². The van der Waals surface area contributed by atoms with Gasteiger partial charge in [0.05, 0.1) is 19.3 Å². The van der Waals surface area contributed by atoms with Gasteiger partial charge < -0.3 is 19.3 Å². The third-order valence-electron chi connectivity index (χ3n) is 7.77. The summed E-state index contributed by atoms with van der Waals surface area (Å²) in [6, 6.07) is 12.1. The number of carbonyl (C=O) groups excluding carboxylic acids is 2. The topological polar surface area (TPSA) is 59.1 Å². The predicted molar refractivity (Wildman–Crippen MR) is 134 cm³/mol. The quantitative estimate of drug-likeness (QED) is 0.593. The monoisotopic (exact) mass is 494 g/mol. The second-order valence-corrected chi connectivity index (χ2v) is 10.0. The molecule has 1 aliphatic carbocycles. The van der Waals surface area contributed by atoms with Gasteiger partial charge in [-0.3, -0.25) is 9.59 Å². The Hall–Kier alpha value is -2.93. The van der Waals surface area contributed by atoms with Gasteiger partial charge in [-0.05, 0) is 66.6 Å². The lowest BCUT2D eigenvalue weighted by atomic mass is 9.87. The molecule has 0 bridgehead atoms. The summed E-state index contributed by atoms with van der Waals surface area (Å²) < 4.78 is 25.4. The number of rotatable bonds is 6. The molecule has 2 heterocycles. The third kappa shape index (κ3) is 5.12. The van der Waals surface area contributed by atoms with Gasteiger partial charge in [-0.15, -0.1) is 0 Å². The molecule has 0 radical (unpaired) electrons. The Bertz CT molecular complexity index is 1080. The normalized spacial score (nSPS) is 21.2. The fourth-order valence-electron chi connectivity index (χ4n) is 5.78. The molecule has 192 valence electrons. The van der Waals surface area contributed by atoms with Crippen LogP contribution in [0.4, 0.5) is 4.39 Å². The Kier molecular flexibility index (Phi) is 7.56. The average Bonchev–Trinajstić information content (AvgIpc) is 3.46. The lowest BCUT2D eigenvalue weighted by Gasteiger charge is -2.39. The van der Waals surface area contributed by atoms with E-state index in [2.05, 4.69) is 0 Å². The zero-order chi connectivity index (χ0) is 25.1. The Morgan fingerprint density at radius 3 is 2.47 bits per heavy atom. The summed E-state index contributed by atoms with van der Waals surface area (Å²) in [5, 5.41) is 0. The Labute approximate surface area is 212 Å². The summed E-state index contributed by atoms with van der Waals surface area (Å²) in [6.45, 7) is 4.83. The minimum Gasteiger partial charge on any atom is -0.481 e. The highest BCUT2D eigenvalue weighted by atomic mass is 19.1. The van der Waals surface area contributed by atoms with Gasteiger partial charge in [-0.1, -0.05) is 38.0 Å². The van der Waals surface area contributed by atoms with Crippen LogP contribution in [0.25, 0.3) is 0 Å². The first-order valence-electron chi connectivity index (χ1n) is 13.3. The number of carbonyl (C=O) groups is 2. The van der Waals surface area contributed by atoms with Crippen LogP contribution < -0.4 is 4.74 Å². The molecule has 2 aromatic rings. The zero-order valence-corrected chi connectivity index (χ0v) is 21.0. The summed E-state index contributed by atoms with van der Waals surface area (Å²) in [5.74, 6) is 0.543. The van der Waals surface area contributed by atoms with E-state index in [1.165, 1.54) is 12.1 Å². The van der Waals surface area contributed by atoms with Crippen LogP contribution in [0.2, 0.25) is 0 Å². The zero-order valence-electron chi connectivity index (χ0n) is 21.0. The van der Waals surface area contributed by atoms with Crippen molar-refractivity contribution in [2.45, 2.75) is 57.6 Å². The van der Waals surface area contributed by atoms with Crippen LogP contribution in [0.5, 0.6) is 5.75 Å². The maximum atomic E-state index is 13.8. The van der Waals surface area contributed by atoms with Crippen LogP contribution in [-0.4, -0.2) is 60.6 Å². The Balaban J connectivity index is 1.45. The molecule has 1 saturated carbocycles. The molecule has 2 unspecified atom stereocenters. The molecule has 2 amide bonds. The van der Waals surface area contributed by atoms with Crippen molar-refractivity contribution < 1.29 is 23.5 Å². The van der Waals surface area contributed by atoms with E-state index in [9.17, 15) is 14.0 Å². The molecule has 2 atom stereocenters. The largest absolute Gasteiger partial charge is 0.481 e. The molecule has 2 aromatic carbocycles. The standard InChI is InChI=1S/C29H35FN2O4/c1-2-26(29(34)31-15-17-35-18-16-31)36-24-12-9-20-13-14-32(28(33)22-5-3-4-6-22)27(25(20)19-24)21-7-10-23(30)11-8-21/h7-12,19,22,26-27H,2-6,13-18H2,1H3. The number of hydrogen-bond donors (Lipinski definition) is 0. The van der Waals surface area contributed by atoms with Crippen molar-refractivity contribution in [1.29, 1.82) is 0 Å². The maximum Gasteiger partial charge on any atom is 0.263 e.